The maximum atomic E-state index is 13.0. The Morgan fingerprint density at radius 2 is 1.85 bits per heavy atom. The number of benzene rings is 2. The predicted octanol–water partition coefficient (Wildman–Crippen LogP) is 4.36. The van der Waals surface area contributed by atoms with E-state index in [-0.39, 0.29) is 30.6 Å². The number of anilines is 1. The quantitative estimate of drug-likeness (QED) is 0.642. The second kappa shape index (κ2) is 8.75. The first kappa shape index (κ1) is 19.0. The number of nitrogens with one attached hydrogen (secondary N) is 2. The minimum Gasteiger partial charge on any atom is -0.351 e. The Kier molecular flexibility index (Phi) is 6.16. The fraction of sp³-hybridized carbons (Fsp3) is 0.105. The topological polar surface area (TPSA) is 71.1 Å². The summed E-state index contributed by atoms with van der Waals surface area (Å²) in [6, 6.07) is 12.7. The van der Waals surface area contributed by atoms with Gasteiger partial charge in [0.15, 0.2) is 5.13 Å². The Hall–Kier alpha value is -2.77. The molecule has 27 heavy (non-hydrogen) atoms. The fourth-order valence-electron chi connectivity index (χ4n) is 2.30. The summed E-state index contributed by atoms with van der Waals surface area (Å²) in [6.07, 6.45) is 0.0989. The normalized spacial score (nSPS) is 10.4. The molecule has 0 unspecified atom stereocenters. The molecule has 0 aliphatic heterocycles. The second-order valence-corrected chi connectivity index (χ2v) is 6.84. The zero-order valence-corrected chi connectivity index (χ0v) is 15.6. The summed E-state index contributed by atoms with van der Waals surface area (Å²) >= 11 is 7.24. The molecule has 0 radical (unpaired) electrons. The van der Waals surface area contributed by atoms with E-state index in [9.17, 15) is 14.0 Å². The van der Waals surface area contributed by atoms with Crippen LogP contribution < -0.4 is 10.6 Å². The molecule has 138 valence electrons. The number of hydrogen-bond acceptors (Lipinski definition) is 4. The minimum atomic E-state index is -0.332. The van der Waals surface area contributed by atoms with Crippen molar-refractivity contribution in [1.29, 1.82) is 0 Å². The number of halogens is 2. The zero-order chi connectivity index (χ0) is 19.2. The number of amides is 2. The van der Waals surface area contributed by atoms with Crippen molar-refractivity contribution in [2.45, 2.75) is 6.42 Å². The van der Waals surface area contributed by atoms with Crippen LogP contribution in [-0.2, 0) is 4.79 Å². The van der Waals surface area contributed by atoms with Crippen LogP contribution in [-0.4, -0.2) is 23.3 Å². The first-order valence-electron chi connectivity index (χ1n) is 8.07. The van der Waals surface area contributed by atoms with Crippen LogP contribution in [0.3, 0.4) is 0 Å². The first-order valence-corrected chi connectivity index (χ1v) is 9.33. The van der Waals surface area contributed by atoms with Crippen molar-refractivity contribution in [1.82, 2.24) is 10.3 Å². The SMILES string of the molecule is O=C(CCNC(=O)c1ccccc1Cl)Nc1nc(-c2ccc(F)cc2)cs1. The number of carbonyl (C=O) groups is 2. The summed E-state index contributed by atoms with van der Waals surface area (Å²) in [5.41, 5.74) is 1.78. The van der Waals surface area contributed by atoms with Crippen molar-refractivity contribution in [3.63, 3.8) is 0 Å². The first-order chi connectivity index (χ1) is 13.0. The van der Waals surface area contributed by atoms with Crippen LogP contribution in [0.5, 0.6) is 0 Å². The smallest absolute Gasteiger partial charge is 0.252 e. The molecule has 3 rings (SSSR count). The molecule has 0 aliphatic carbocycles. The van der Waals surface area contributed by atoms with Crippen molar-refractivity contribution in [3.8, 4) is 11.3 Å². The summed E-state index contributed by atoms with van der Waals surface area (Å²) in [7, 11) is 0. The highest BCUT2D eigenvalue weighted by Crippen LogP contribution is 2.25. The van der Waals surface area contributed by atoms with Gasteiger partial charge in [-0.25, -0.2) is 9.37 Å². The molecule has 0 spiro atoms. The maximum absolute atomic E-state index is 13.0. The molecule has 2 aromatic carbocycles. The number of aromatic nitrogens is 1. The van der Waals surface area contributed by atoms with E-state index < -0.39 is 0 Å². The molecule has 2 amide bonds. The van der Waals surface area contributed by atoms with E-state index in [1.165, 1.54) is 23.5 Å². The summed E-state index contributed by atoms with van der Waals surface area (Å²) in [6.45, 7) is 0.173. The van der Waals surface area contributed by atoms with Gasteiger partial charge in [0.25, 0.3) is 5.91 Å². The van der Waals surface area contributed by atoms with E-state index in [0.29, 0.717) is 21.4 Å². The molecule has 8 heteroatoms. The van der Waals surface area contributed by atoms with E-state index >= 15 is 0 Å². The lowest BCUT2D eigenvalue weighted by atomic mass is 10.2. The lowest BCUT2D eigenvalue weighted by molar-refractivity contribution is -0.116. The van der Waals surface area contributed by atoms with Gasteiger partial charge in [-0.15, -0.1) is 11.3 Å². The molecule has 5 nitrogen and oxygen atoms in total. The van der Waals surface area contributed by atoms with Crippen molar-refractivity contribution in [2.75, 3.05) is 11.9 Å². The Labute approximate surface area is 164 Å². The third kappa shape index (κ3) is 5.12. The third-order valence-corrected chi connectivity index (χ3v) is 4.73. The van der Waals surface area contributed by atoms with Gasteiger partial charge in [0, 0.05) is 23.9 Å². The Morgan fingerprint density at radius 3 is 2.59 bits per heavy atom. The third-order valence-electron chi connectivity index (χ3n) is 3.65. The average molecular weight is 404 g/mol. The lowest BCUT2D eigenvalue weighted by Crippen LogP contribution is -2.27. The number of thiazole rings is 1. The van der Waals surface area contributed by atoms with Gasteiger partial charge in [0.2, 0.25) is 5.91 Å². The van der Waals surface area contributed by atoms with E-state index in [1.807, 2.05) is 0 Å². The highest BCUT2D eigenvalue weighted by atomic mass is 35.5. The van der Waals surface area contributed by atoms with Crippen molar-refractivity contribution in [3.05, 3.63) is 70.3 Å². The molecule has 0 atom stereocenters. The van der Waals surface area contributed by atoms with Crippen LogP contribution in [0.25, 0.3) is 11.3 Å². The van der Waals surface area contributed by atoms with Crippen LogP contribution in [0.15, 0.2) is 53.9 Å². The molecular weight excluding hydrogens is 389 g/mol. The average Bonchev–Trinajstić information content (AvgIpc) is 3.11. The fourth-order valence-corrected chi connectivity index (χ4v) is 3.25. The van der Waals surface area contributed by atoms with Gasteiger partial charge in [-0.05, 0) is 36.4 Å². The molecule has 0 bridgehead atoms. The molecule has 0 fully saturated rings. The Balaban J connectivity index is 1.49. The van der Waals surface area contributed by atoms with Crippen LogP contribution in [0.1, 0.15) is 16.8 Å². The van der Waals surface area contributed by atoms with Crippen molar-refractivity contribution >= 4 is 39.9 Å². The van der Waals surface area contributed by atoms with Gasteiger partial charge in [0.1, 0.15) is 5.82 Å². The van der Waals surface area contributed by atoms with E-state index in [1.54, 1.807) is 41.8 Å². The van der Waals surface area contributed by atoms with Crippen LogP contribution >= 0.6 is 22.9 Å². The van der Waals surface area contributed by atoms with Gasteiger partial charge in [-0.2, -0.15) is 0 Å². The van der Waals surface area contributed by atoms with Gasteiger partial charge < -0.3 is 10.6 Å². The summed E-state index contributed by atoms with van der Waals surface area (Å²) in [5, 5.41) is 7.92. The van der Waals surface area contributed by atoms with Crippen LogP contribution in [0.4, 0.5) is 9.52 Å². The van der Waals surface area contributed by atoms with Crippen LogP contribution in [0.2, 0.25) is 5.02 Å². The van der Waals surface area contributed by atoms with Crippen LogP contribution in [0, 0.1) is 5.82 Å². The molecule has 1 heterocycles. The minimum absolute atomic E-state index is 0.0989. The Morgan fingerprint density at radius 1 is 1.11 bits per heavy atom. The van der Waals surface area contributed by atoms with Gasteiger partial charge >= 0.3 is 0 Å². The summed E-state index contributed by atoms with van der Waals surface area (Å²) in [5.74, 6) is -0.919. The number of rotatable bonds is 6. The van der Waals surface area contributed by atoms with E-state index in [4.69, 9.17) is 11.6 Å². The number of hydrogen-bond donors (Lipinski definition) is 2. The zero-order valence-electron chi connectivity index (χ0n) is 14.0. The molecule has 2 N–H and O–H groups in total. The molecule has 0 saturated carbocycles. The molecule has 0 saturated heterocycles. The molecule has 3 aromatic rings. The lowest BCUT2D eigenvalue weighted by Gasteiger charge is -2.06. The largest absolute Gasteiger partial charge is 0.351 e. The second-order valence-electron chi connectivity index (χ2n) is 5.58. The highest BCUT2D eigenvalue weighted by Gasteiger charge is 2.11. The molecule has 0 aliphatic rings. The number of carbonyl (C=O) groups excluding carboxylic acids is 2. The van der Waals surface area contributed by atoms with Gasteiger partial charge in [0.05, 0.1) is 16.3 Å². The Bertz CT molecular complexity index is 960. The van der Waals surface area contributed by atoms with Crippen molar-refractivity contribution < 1.29 is 14.0 Å². The monoisotopic (exact) mass is 403 g/mol. The highest BCUT2D eigenvalue weighted by molar-refractivity contribution is 7.14. The summed E-state index contributed by atoms with van der Waals surface area (Å²) < 4.78 is 13.0. The maximum Gasteiger partial charge on any atom is 0.252 e. The molecular formula is C19H15ClFN3O2S. The summed E-state index contributed by atoms with van der Waals surface area (Å²) in [4.78, 5) is 28.4. The molecule has 1 aromatic heterocycles. The van der Waals surface area contributed by atoms with Crippen molar-refractivity contribution in [2.24, 2.45) is 0 Å². The van der Waals surface area contributed by atoms with Gasteiger partial charge in [-0.1, -0.05) is 23.7 Å². The number of nitrogens with zero attached hydrogens (tertiary/aromatic N) is 1. The standard InChI is InChI=1S/C19H15ClFN3O2S/c20-15-4-2-1-3-14(15)18(26)22-10-9-17(25)24-19-23-16(11-27-19)12-5-7-13(21)8-6-12/h1-8,11H,9-10H2,(H,22,26)(H,23,24,25). The predicted molar refractivity (Wildman–Crippen MR) is 105 cm³/mol. The van der Waals surface area contributed by atoms with Gasteiger partial charge in [-0.3, -0.25) is 9.59 Å². The van der Waals surface area contributed by atoms with E-state index in [2.05, 4.69) is 15.6 Å². The van der Waals surface area contributed by atoms with E-state index in [0.717, 1.165) is 5.56 Å².